The van der Waals surface area contributed by atoms with E-state index in [9.17, 15) is 20.0 Å². The lowest BCUT2D eigenvalue weighted by atomic mass is 10.1. The molecule has 11 nitrogen and oxygen atoms in total. The maximum absolute atomic E-state index is 13.7. The van der Waals surface area contributed by atoms with Crippen LogP contribution in [0.15, 0.2) is 103 Å². The van der Waals surface area contributed by atoms with Crippen molar-refractivity contribution in [3.63, 3.8) is 0 Å². The summed E-state index contributed by atoms with van der Waals surface area (Å²) >= 11 is 0. The van der Waals surface area contributed by atoms with E-state index < -0.39 is 23.7 Å². The molecular weight excluding hydrogens is 566 g/mol. The van der Waals surface area contributed by atoms with Crippen LogP contribution in [-0.2, 0) is 17.9 Å². The number of carbonyl (C=O) groups excluding carboxylic acids is 1. The quantitative estimate of drug-likeness (QED) is 0.194. The van der Waals surface area contributed by atoms with Crippen molar-refractivity contribution in [1.82, 2.24) is 4.90 Å². The van der Waals surface area contributed by atoms with Gasteiger partial charge in [-0.1, -0.05) is 61.2 Å². The van der Waals surface area contributed by atoms with Gasteiger partial charge in [-0.15, -0.1) is 10.1 Å². The van der Waals surface area contributed by atoms with E-state index in [1.54, 1.807) is 42.5 Å². The van der Waals surface area contributed by atoms with Gasteiger partial charge in [0.25, 0.3) is 11.0 Å². The van der Waals surface area contributed by atoms with Crippen LogP contribution < -0.4 is 19.5 Å². The van der Waals surface area contributed by atoms with Crippen molar-refractivity contribution < 1.29 is 34.0 Å². The van der Waals surface area contributed by atoms with Gasteiger partial charge in [-0.25, -0.2) is 0 Å². The van der Waals surface area contributed by atoms with Gasteiger partial charge in [-0.05, 0) is 48.4 Å². The Bertz CT molecular complexity index is 1520. The Morgan fingerprint density at radius 1 is 1.05 bits per heavy atom. The zero-order valence-electron chi connectivity index (χ0n) is 24.4. The number of hydrogen-bond donors (Lipinski definition) is 2. The van der Waals surface area contributed by atoms with Crippen LogP contribution in [0.5, 0.6) is 17.2 Å². The Labute approximate surface area is 255 Å². The zero-order valence-corrected chi connectivity index (χ0v) is 24.4. The van der Waals surface area contributed by atoms with E-state index in [1.165, 1.54) is 12.0 Å². The number of allylic oxidation sites excluding steroid dienone is 4. The number of fused-ring (bicyclic) bond motifs is 1. The van der Waals surface area contributed by atoms with Crippen LogP contribution in [0.25, 0.3) is 0 Å². The third-order valence-electron chi connectivity index (χ3n) is 6.71. The molecule has 4 rings (SSSR count). The zero-order chi connectivity index (χ0) is 31.3. The lowest BCUT2D eigenvalue weighted by molar-refractivity contribution is -0.763. The van der Waals surface area contributed by atoms with Gasteiger partial charge in [-0.2, -0.15) is 0 Å². The average molecular weight is 602 g/mol. The van der Waals surface area contributed by atoms with Crippen LogP contribution in [0.3, 0.4) is 0 Å². The Morgan fingerprint density at radius 2 is 1.80 bits per heavy atom. The van der Waals surface area contributed by atoms with Gasteiger partial charge in [0.2, 0.25) is 0 Å². The van der Waals surface area contributed by atoms with Gasteiger partial charge in [-0.3, -0.25) is 4.79 Å². The molecule has 0 saturated carbocycles. The normalized spacial score (nSPS) is 14.4. The SMILES string of the molecule is C=C1/C=C\C=C/Cc2c(cccc2OCC(O)CN(CCOc2ccccc2OC)C(=O)c2ccccc2CO[N+](=O)[O-])N1. The highest BCUT2D eigenvalue weighted by Crippen LogP contribution is 2.30. The summed E-state index contributed by atoms with van der Waals surface area (Å²) in [7, 11) is 1.53. The average Bonchev–Trinajstić information content (AvgIpc) is 3.12. The lowest BCUT2D eigenvalue weighted by Gasteiger charge is -2.27. The fraction of sp³-hybridized carbons (Fsp3) is 0.242. The standard InChI is InChI=1S/C33H35N3O8/c1-24-11-4-3-5-14-28-29(34-24)15-10-18-30(28)43-23-26(37)21-35(19-20-42-32-17-9-8-16-31(32)41-2)33(38)27-13-7-6-12-25(27)22-44-36(39)40/h3-13,15-18,26,34,37H,1,14,19-23H2,2H3/b5-3-,11-4-. The highest BCUT2D eigenvalue weighted by Gasteiger charge is 2.23. The molecule has 1 aliphatic rings. The van der Waals surface area contributed by atoms with Gasteiger partial charge >= 0.3 is 0 Å². The molecule has 1 heterocycles. The van der Waals surface area contributed by atoms with E-state index in [2.05, 4.69) is 16.7 Å². The Morgan fingerprint density at radius 3 is 2.59 bits per heavy atom. The molecule has 0 aliphatic carbocycles. The molecule has 2 N–H and O–H groups in total. The summed E-state index contributed by atoms with van der Waals surface area (Å²) in [5, 5.41) is 24.2. The second kappa shape index (κ2) is 15.8. The molecule has 1 unspecified atom stereocenters. The number of nitrogens with one attached hydrogen (secondary N) is 1. The van der Waals surface area contributed by atoms with Gasteiger partial charge in [0, 0.05) is 22.5 Å². The first-order valence-electron chi connectivity index (χ1n) is 14.0. The van der Waals surface area contributed by atoms with Crippen molar-refractivity contribution in [3.8, 4) is 17.2 Å². The van der Waals surface area contributed by atoms with E-state index in [0.717, 1.165) is 16.9 Å². The lowest BCUT2D eigenvalue weighted by Crippen LogP contribution is -2.42. The van der Waals surface area contributed by atoms with Gasteiger partial charge in [0.1, 0.15) is 31.7 Å². The summed E-state index contributed by atoms with van der Waals surface area (Å²) in [6, 6.07) is 19.2. The first-order chi connectivity index (χ1) is 21.4. The van der Waals surface area contributed by atoms with Crippen molar-refractivity contribution in [1.29, 1.82) is 0 Å². The number of rotatable bonds is 14. The minimum Gasteiger partial charge on any atom is -0.493 e. The smallest absolute Gasteiger partial charge is 0.294 e. The van der Waals surface area contributed by atoms with E-state index in [-0.39, 0.29) is 31.9 Å². The van der Waals surface area contributed by atoms with Crippen LogP contribution in [0, 0.1) is 10.1 Å². The van der Waals surface area contributed by atoms with Crippen molar-refractivity contribution in [3.05, 3.63) is 130 Å². The molecule has 230 valence electrons. The molecule has 1 atom stereocenters. The number of benzene rings is 3. The van der Waals surface area contributed by atoms with Crippen LogP contribution in [0.1, 0.15) is 21.5 Å². The van der Waals surface area contributed by atoms with Crippen molar-refractivity contribution in [2.75, 3.05) is 38.7 Å². The number of carbonyl (C=O) groups is 1. The molecule has 0 bridgehead atoms. The van der Waals surface area contributed by atoms with Crippen molar-refractivity contribution >= 4 is 11.6 Å². The van der Waals surface area contributed by atoms with Gasteiger partial charge in [0.15, 0.2) is 11.5 Å². The minimum absolute atomic E-state index is 0.0908. The topological polar surface area (TPSA) is 133 Å². The molecule has 0 spiro atoms. The molecule has 11 heteroatoms. The Balaban J connectivity index is 1.49. The number of methoxy groups -OCH3 is 1. The van der Waals surface area contributed by atoms with Gasteiger partial charge in [0.05, 0.1) is 20.2 Å². The van der Waals surface area contributed by atoms with Crippen molar-refractivity contribution in [2.24, 2.45) is 0 Å². The molecule has 1 amide bonds. The molecule has 0 aromatic heterocycles. The molecule has 3 aromatic carbocycles. The molecule has 3 aromatic rings. The van der Waals surface area contributed by atoms with Crippen LogP contribution >= 0.6 is 0 Å². The van der Waals surface area contributed by atoms with E-state index in [4.69, 9.17) is 14.2 Å². The van der Waals surface area contributed by atoms with Crippen LogP contribution in [-0.4, -0.2) is 60.5 Å². The molecule has 0 saturated heterocycles. The second-order valence-corrected chi connectivity index (χ2v) is 9.79. The Hall–Kier alpha value is -5.29. The summed E-state index contributed by atoms with van der Waals surface area (Å²) in [5.74, 6) is 1.19. The summed E-state index contributed by atoms with van der Waals surface area (Å²) in [6.07, 6.45) is 7.23. The first kappa shape index (κ1) is 31.6. The summed E-state index contributed by atoms with van der Waals surface area (Å²) in [4.78, 5) is 30.5. The van der Waals surface area contributed by atoms with Crippen LogP contribution in [0.2, 0.25) is 0 Å². The molecular formula is C33H35N3O8. The first-order valence-corrected chi connectivity index (χ1v) is 14.0. The summed E-state index contributed by atoms with van der Waals surface area (Å²) in [5.41, 5.74) is 3.03. The minimum atomic E-state index is -1.07. The number of amides is 1. The maximum atomic E-state index is 13.7. The number of nitrogens with zero attached hydrogens (tertiary/aromatic N) is 2. The third-order valence-corrected chi connectivity index (χ3v) is 6.71. The number of ether oxygens (including phenoxy) is 3. The molecule has 0 radical (unpaired) electrons. The van der Waals surface area contributed by atoms with E-state index in [0.29, 0.717) is 29.2 Å². The second-order valence-electron chi connectivity index (χ2n) is 9.79. The predicted octanol–water partition coefficient (Wildman–Crippen LogP) is 4.96. The highest BCUT2D eigenvalue weighted by molar-refractivity contribution is 5.95. The number of aliphatic hydroxyl groups is 1. The largest absolute Gasteiger partial charge is 0.493 e. The highest BCUT2D eigenvalue weighted by atomic mass is 16.9. The predicted molar refractivity (Wildman–Crippen MR) is 165 cm³/mol. The molecule has 1 aliphatic heterocycles. The van der Waals surface area contributed by atoms with E-state index >= 15 is 0 Å². The Kier molecular flexibility index (Phi) is 11.4. The van der Waals surface area contributed by atoms with Gasteiger partial charge < -0.3 is 34.4 Å². The maximum Gasteiger partial charge on any atom is 0.294 e. The number of para-hydroxylation sites is 2. The van der Waals surface area contributed by atoms with Crippen LogP contribution in [0.4, 0.5) is 5.69 Å². The third kappa shape index (κ3) is 8.85. The fourth-order valence-corrected chi connectivity index (χ4v) is 4.60. The monoisotopic (exact) mass is 601 g/mol. The van der Waals surface area contributed by atoms with Crippen molar-refractivity contribution in [2.45, 2.75) is 19.1 Å². The molecule has 0 fully saturated rings. The number of aliphatic hydroxyl groups excluding tert-OH is 1. The number of hydrogen-bond acceptors (Lipinski definition) is 9. The van der Waals surface area contributed by atoms with E-state index in [1.807, 2.05) is 48.6 Å². The molecule has 44 heavy (non-hydrogen) atoms. The number of anilines is 1. The fourth-order valence-electron chi connectivity index (χ4n) is 4.60. The summed E-state index contributed by atoms with van der Waals surface area (Å²) < 4.78 is 17.3. The summed E-state index contributed by atoms with van der Waals surface area (Å²) in [6.45, 7) is 3.62.